The molecule has 2 N–H and O–H groups in total. The van der Waals surface area contributed by atoms with Crippen molar-refractivity contribution in [3.8, 4) is 5.75 Å². The number of hydrogen-bond acceptors (Lipinski definition) is 6. The zero-order valence-electron chi connectivity index (χ0n) is 10.9. The summed E-state index contributed by atoms with van der Waals surface area (Å²) in [6, 6.07) is 0.468. The number of hydrogen-bond donors (Lipinski definition) is 2. The Balaban J connectivity index is 2.31. The molecule has 0 spiro atoms. The summed E-state index contributed by atoms with van der Waals surface area (Å²) in [7, 11) is 1.62. The molecule has 0 bridgehead atoms. The van der Waals surface area contributed by atoms with Crippen molar-refractivity contribution in [3.63, 3.8) is 0 Å². The molecule has 100 valence electrons. The molecule has 1 heterocycles. The van der Waals surface area contributed by atoms with E-state index in [4.69, 9.17) is 9.84 Å². The Kier molecular flexibility index (Phi) is 4.19. The molecule has 6 heteroatoms. The fraction of sp³-hybridized carbons (Fsp3) is 0.667. The van der Waals surface area contributed by atoms with Gasteiger partial charge in [0.2, 0.25) is 5.75 Å². The van der Waals surface area contributed by atoms with E-state index >= 15 is 0 Å². The van der Waals surface area contributed by atoms with Crippen molar-refractivity contribution in [2.45, 2.75) is 25.8 Å². The lowest BCUT2D eigenvalue weighted by atomic mass is 10.3. The summed E-state index contributed by atoms with van der Waals surface area (Å²) in [4.78, 5) is 10.6. The highest BCUT2D eigenvalue weighted by molar-refractivity contribution is 5.65. The van der Waals surface area contributed by atoms with E-state index in [-0.39, 0.29) is 6.61 Å². The Morgan fingerprint density at radius 3 is 2.83 bits per heavy atom. The lowest BCUT2D eigenvalue weighted by Gasteiger charge is -2.24. The predicted octanol–water partition coefficient (Wildman–Crippen LogP) is 0.878. The number of ether oxygens (including phenoxy) is 1. The van der Waals surface area contributed by atoms with Crippen LogP contribution < -0.4 is 15.0 Å². The van der Waals surface area contributed by atoms with Gasteiger partial charge < -0.3 is 20.1 Å². The highest BCUT2D eigenvalue weighted by atomic mass is 16.5. The fourth-order valence-electron chi connectivity index (χ4n) is 2.01. The summed E-state index contributed by atoms with van der Waals surface area (Å²) in [5.41, 5.74) is 0. The molecule has 1 aliphatic rings. The Morgan fingerprint density at radius 2 is 2.28 bits per heavy atom. The van der Waals surface area contributed by atoms with E-state index in [1.165, 1.54) is 6.33 Å². The topological polar surface area (TPSA) is 70.5 Å². The zero-order chi connectivity index (χ0) is 13.0. The summed E-state index contributed by atoms with van der Waals surface area (Å²) in [5, 5.41) is 12.3. The first-order valence-corrected chi connectivity index (χ1v) is 6.32. The van der Waals surface area contributed by atoms with Gasteiger partial charge in [0.05, 0.1) is 13.7 Å². The number of rotatable bonds is 7. The van der Waals surface area contributed by atoms with Gasteiger partial charge in [0.15, 0.2) is 11.6 Å². The molecule has 0 aliphatic heterocycles. The van der Waals surface area contributed by atoms with Crippen LogP contribution in [0.25, 0.3) is 0 Å². The summed E-state index contributed by atoms with van der Waals surface area (Å²) in [6.45, 7) is 3.47. The second kappa shape index (κ2) is 5.86. The minimum atomic E-state index is 0.111. The van der Waals surface area contributed by atoms with E-state index in [2.05, 4.69) is 20.2 Å². The number of methoxy groups -OCH3 is 1. The Morgan fingerprint density at radius 1 is 1.50 bits per heavy atom. The first-order chi connectivity index (χ1) is 8.81. The van der Waals surface area contributed by atoms with Crippen LogP contribution in [0.1, 0.15) is 19.8 Å². The van der Waals surface area contributed by atoms with Gasteiger partial charge in [0.1, 0.15) is 6.33 Å². The molecule has 0 saturated heterocycles. The monoisotopic (exact) mass is 252 g/mol. The third-order valence-electron chi connectivity index (χ3n) is 2.93. The molecule has 1 aromatic heterocycles. The van der Waals surface area contributed by atoms with Gasteiger partial charge >= 0.3 is 0 Å². The van der Waals surface area contributed by atoms with Crippen LogP contribution in [0.15, 0.2) is 6.33 Å². The van der Waals surface area contributed by atoms with Crippen molar-refractivity contribution >= 4 is 11.6 Å². The average Bonchev–Trinajstić information content (AvgIpc) is 3.20. The van der Waals surface area contributed by atoms with E-state index in [1.54, 1.807) is 7.11 Å². The van der Waals surface area contributed by atoms with Gasteiger partial charge in [-0.3, -0.25) is 0 Å². The number of aromatic nitrogens is 2. The highest BCUT2D eigenvalue weighted by Crippen LogP contribution is 2.37. The van der Waals surface area contributed by atoms with Crippen LogP contribution in [0.4, 0.5) is 11.6 Å². The first-order valence-electron chi connectivity index (χ1n) is 6.32. The molecule has 0 unspecified atom stereocenters. The maximum Gasteiger partial charge on any atom is 0.204 e. The Bertz CT molecular complexity index is 396. The molecular formula is C12H20N4O2. The number of aliphatic hydroxyl groups excluding tert-OH is 1. The third kappa shape index (κ3) is 2.64. The standard InChI is InChI=1S/C12H20N4O2/c1-3-13-11-10(18-2)12(15-8-14-11)16(6-7-17)9-4-5-9/h8-9,17H,3-7H2,1-2H3,(H,13,14,15). The third-order valence-corrected chi connectivity index (χ3v) is 2.93. The van der Waals surface area contributed by atoms with Gasteiger partial charge in [-0.15, -0.1) is 0 Å². The minimum absolute atomic E-state index is 0.111. The molecule has 6 nitrogen and oxygen atoms in total. The first kappa shape index (κ1) is 12.9. The molecule has 1 saturated carbocycles. The summed E-state index contributed by atoms with van der Waals surface area (Å²) in [5.74, 6) is 2.12. The van der Waals surface area contributed by atoms with Crippen LogP contribution in [0.2, 0.25) is 0 Å². The summed E-state index contributed by atoms with van der Waals surface area (Å²) >= 11 is 0. The maximum atomic E-state index is 9.17. The maximum absolute atomic E-state index is 9.17. The van der Waals surface area contributed by atoms with Crippen molar-refractivity contribution < 1.29 is 9.84 Å². The van der Waals surface area contributed by atoms with E-state index in [9.17, 15) is 0 Å². The molecule has 0 amide bonds. The largest absolute Gasteiger partial charge is 0.490 e. The van der Waals surface area contributed by atoms with E-state index in [0.29, 0.717) is 24.2 Å². The molecule has 0 atom stereocenters. The van der Waals surface area contributed by atoms with Crippen molar-refractivity contribution in [1.29, 1.82) is 0 Å². The van der Waals surface area contributed by atoms with E-state index in [1.807, 2.05) is 6.92 Å². The van der Waals surface area contributed by atoms with Crippen LogP contribution in [-0.2, 0) is 0 Å². The van der Waals surface area contributed by atoms with Gasteiger partial charge in [-0.05, 0) is 19.8 Å². The van der Waals surface area contributed by atoms with Crippen LogP contribution in [-0.4, -0.2) is 47.9 Å². The Hall–Kier alpha value is -1.56. The molecular weight excluding hydrogens is 232 g/mol. The summed E-state index contributed by atoms with van der Waals surface area (Å²) < 4.78 is 5.42. The van der Waals surface area contributed by atoms with Gasteiger partial charge in [-0.2, -0.15) is 0 Å². The SMILES string of the molecule is CCNc1ncnc(N(CCO)C2CC2)c1OC. The molecule has 1 aromatic rings. The fourth-order valence-corrected chi connectivity index (χ4v) is 2.01. The minimum Gasteiger partial charge on any atom is -0.490 e. The van der Waals surface area contributed by atoms with Crippen molar-refractivity contribution in [2.24, 2.45) is 0 Å². The lowest BCUT2D eigenvalue weighted by Crippen LogP contribution is -2.30. The number of aliphatic hydroxyl groups is 1. The second-order valence-electron chi connectivity index (χ2n) is 4.26. The Labute approximate surface area is 107 Å². The molecule has 0 aromatic carbocycles. The van der Waals surface area contributed by atoms with E-state index < -0.39 is 0 Å². The highest BCUT2D eigenvalue weighted by Gasteiger charge is 2.32. The van der Waals surface area contributed by atoms with Gasteiger partial charge in [-0.1, -0.05) is 0 Å². The molecule has 1 aliphatic carbocycles. The van der Waals surface area contributed by atoms with Crippen molar-refractivity contribution in [3.05, 3.63) is 6.33 Å². The number of nitrogens with one attached hydrogen (secondary N) is 1. The van der Waals surface area contributed by atoms with Crippen molar-refractivity contribution in [1.82, 2.24) is 9.97 Å². The average molecular weight is 252 g/mol. The van der Waals surface area contributed by atoms with Crippen LogP contribution >= 0.6 is 0 Å². The molecule has 0 radical (unpaired) electrons. The van der Waals surface area contributed by atoms with Gasteiger partial charge in [-0.25, -0.2) is 9.97 Å². The smallest absolute Gasteiger partial charge is 0.204 e. The quantitative estimate of drug-likeness (QED) is 0.750. The van der Waals surface area contributed by atoms with E-state index in [0.717, 1.165) is 25.2 Å². The molecule has 18 heavy (non-hydrogen) atoms. The molecule has 1 fully saturated rings. The zero-order valence-corrected chi connectivity index (χ0v) is 10.9. The van der Waals surface area contributed by atoms with Crippen molar-refractivity contribution in [2.75, 3.05) is 37.0 Å². The molecule has 2 rings (SSSR count). The van der Waals surface area contributed by atoms with Crippen LogP contribution in [0, 0.1) is 0 Å². The van der Waals surface area contributed by atoms with Gasteiger partial charge in [0.25, 0.3) is 0 Å². The van der Waals surface area contributed by atoms with Gasteiger partial charge in [0, 0.05) is 19.1 Å². The van der Waals surface area contributed by atoms with Crippen LogP contribution in [0.5, 0.6) is 5.75 Å². The lowest BCUT2D eigenvalue weighted by molar-refractivity contribution is 0.300. The number of nitrogens with zero attached hydrogens (tertiary/aromatic N) is 3. The predicted molar refractivity (Wildman–Crippen MR) is 70.2 cm³/mol. The second-order valence-corrected chi connectivity index (χ2v) is 4.26. The summed E-state index contributed by atoms with van der Waals surface area (Å²) in [6.07, 6.45) is 3.82. The van der Waals surface area contributed by atoms with Crippen LogP contribution in [0.3, 0.4) is 0 Å². The number of anilines is 2. The normalized spacial score (nSPS) is 14.4.